The van der Waals surface area contributed by atoms with Gasteiger partial charge in [0.05, 0.1) is 6.61 Å². The zero-order chi connectivity index (χ0) is 15.9. The van der Waals surface area contributed by atoms with Gasteiger partial charge in [-0.15, -0.1) is 0 Å². The molecule has 2 aromatic rings. The standard InChI is InChI=1S/C19H23NO3/c21-16(14-23-17-7-2-1-3-8-17)12-20-13-19-18-9-5-4-6-15(18)10-11-22-19/h1-9,16,19-21H,10-14H2/p+1/t16-,19-/m1/s1. The highest BCUT2D eigenvalue weighted by molar-refractivity contribution is 5.30. The number of hydrogen-bond acceptors (Lipinski definition) is 3. The first-order valence-electron chi connectivity index (χ1n) is 8.20. The van der Waals surface area contributed by atoms with Crippen LogP contribution in [0.15, 0.2) is 54.6 Å². The van der Waals surface area contributed by atoms with Crippen LogP contribution in [0.2, 0.25) is 0 Å². The Kier molecular flexibility index (Phi) is 5.64. The molecule has 4 nitrogen and oxygen atoms in total. The number of quaternary nitrogens is 1. The number of aliphatic hydroxyl groups is 1. The van der Waals surface area contributed by atoms with Crippen molar-refractivity contribution in [3.63, 3.8) is 0 Å². The third-order valence-electron chi connectivity index (χ3n) is 4.10. The van der Waals surface area contributed by atoms with E-state index in [4.69, 9.17) is 9.47 Å². The van der Waals surface area contributed by atoms with Gasteiger partial charge in [-0.25, -0.2) is 0 Å². The molecule has 1 aliphatic heterocycles. The van der Waals surface area contributed by atoms with Crippen LogP contribution in [-0.2, 0) is 11.2 Å². The number of nitrogens with two attached hydrogens (primary N) is 1. The Balaban J connectivity index is 1.41. The van der Waals surface area contributed by atoms with Crippen molar-refractivity contribution >= 4 is 0 Å². The molecule has 0 fully saturated rings. The van der Waals surface area contributed by atoms with E-state index in [-0.39, 0.29) is 6.10 Å². The fourth-order valence-corrected chi connectivity index (χ4v) is 2.89. The Hall–Kier alpha value is -1.88. The number of hydrogen-bond donors (Lipinski definition) is 2. The van der Waals surface area contributed by atoms with Crippen LogP contribution in [0.25, 0.3) is 0 Å². The summed E-state index contributed by atoms with van der Waals surface area (Å²) in [6.07, 6.45) is 0.608. The minimum absolute atomic E-state index is 0.113. The largest absolute Gasteiger partial charge is 0.491 e. The molecule has 0 aromatic heterocycles. The molecule has 3 N–H and O–H groups in total. The van der Waals surface area contributed by atoms with E-state index in [0.717, 1.165) is 25.3 Å². The van der Waals surface area contributed by atoms with Gasteiger partial charge in [0, 0.05) is 0 Å². The SMILES string of the molecule is O[C@H](C[NH2+]C[C@H]1OCCc2ccccc21)COc1ccccc1. The second-order valence-corrected chi connectivity index (χ2v) is 5.85. The van der Waals surface area contributed by atoms with E-state index in [2.05, 4.69) is 29.6 Å². The van der Waals surface area contributed by atoms with Gasteiger partial charge in [-0.05, 0) is 29.7 Å². The Morgan fingerprint density at radius 1 is 1.13 bits per heavy atom. The van der Waals surface area contributed by atoms with Crippen molar-refractivity contribution in [1.29, 1.82) is 0 Å². The maximum absolute atomic E-state index is 10.0. The maximum atomic E-state index is 10.0. The van der Waals surface area contributed by atoms with Gasteiger partial charge in [-0.1, -0.05) is 42.5 Å². The normalized spacial score (nSPS) is 18.2. The van der Waals surface area contributed by atoms with Crippen LogP contribution in [-0.4, -0.2) is 37.5 Å². The summed E-state index contributed by atoms with van der Waals surface area (Å²) in [4.78, 5) is 0. The maximum Gasteiger partial charge on any atom is 0.137 e. The number of ether oxygens (including phenoxy) is 2. The minimum atomic E-state index is -0.492. The van der Waals surface area contributed by atoms with Crippen LogP contribution in [0.4, 0.5) is 0 Å². The van der Waals surface area contributed by atoms with E-state index in [1.807, 2.05) is 30.3 Å². The molecule has 1 heterocycles. The molecule has 0 saturated carbocycles. The first-order valence-corrected chi connectivity index (χ1v) is 8.20. The third-order valence-corrected chi connectivity index (χ3v) is 4.10. The molecule has 0 saturated heterocycles. The van der Waals surface area contributed by atoms with Gasteiger partial charge in [-0.3, -0.25) is 0 Å². The summed E-state index contributed by atoms with van der Waals surface area (Å²) in [7, 11) is 0. The molecule has 23 heavy (non-hydrogen) atoms. The number of aliphatic hydroxyl groups excluding tert-OH is 1. The summed E-state index contributed by atoms with van der Waals surface area (Å²) in [5, 5.41) is 12.1. The lowest BCUT2D eigenvalue weighted by atomic mass is 9.97. The highest BCUT2D eigenvalue weighted by atomic mass is 16.5. The highest BCUT2D eigenvalue weighted by Crippen LogP contribution is 2.25. The van der Waals surface area contributed by atoms with E-state index in [1.54, 1.807) is 0 Å². The molecule has 0 aliphatic carbocycles. The summed E-state index contributed by atoms with van der Waals surface area (Å²) >= 11 is 0. The molecule has 0 unspecified atom stereocenters. The van der Waals surface area contributed by atoms with Crippen molar-refractivity contribution in [3.05, 3.63) is 65.7 Å². The van der Waals surface area contributed by atoms with Gasteiger partial charge in [0.1, 0.15) is 37.7 Å². The van der Waals surface area contributed by atoms with Crippen LogP contribution >= 0.6 is 0 Å². The quantitative estimate of drug-likeness (QED) is 0.810. The average molecular weight is 314 g/mol. The molecule has 122 valence electrons. The highest BCUT2D eigenvalue weighted by Gasteiger charge is 2.22. The summed E-state index contributed by atoms with van der Waals surface area (Å²) in [5.74, 6) is 0.788. The molecule has 2 aromatic carbocycles. The first-order chi connectivity index (χ1) is 11.3. The van der Waals surface area contributed by atoms with Gasteiger partial charge < -0.3 is 19.9 Å². The third kappa shape index (κ3) is 4.55. The summed E-state index contributed by atoms with van der Waals surface area (Å²) < 4.78 is 11.4. The molecule has 0 bridgehead atoms. The van der Waals surface area contributed by atoms with Crippen molar-refractivity contribution in [1.82, 2.24) is 0 Å². The molecule has 0 radical (unpaired) electrons. The summed E-state index contributed by atoms with van der Waals surface area (Å²) in [6.45, 7) is 2.51. The van der Waals surface area contributed by atoms with Crippen molar-refractivity contribution in [2.24, 2.45) is 0 Å². The smallest absolute Gasteiger partial charge is 0.137 e. The van der Waals surface area contributed by atoms with Crippen molar-refractivity contribution in [3.8, 4) is 5.75 Å². The van der Waals surface area contributed by atoms with E-state index >= 15 is 0 Å². The lowest BCUT2D eigenvalue weighted by molar-refractivity contribution is -0.668. The van der Waals surface area contributed by atoms with Gasteiger partial charge in [0.15, 0.2) is 0 Å². The topological polar surface area (TPSA) is 55.3 Å². The van der Waals surface area contributed by atoms with E-state index < -0.39 is 6.10 Å². The molecule has 0 spiro atoms. The number of para-hydroxylation sites is 1. The Labute approximate surface area is 137 Å². The van der Waals surface area contributed by atoms with Gasteiger partial charge in [0.25, 0.3) is 0 Å². The zero-order valence-electron chi connectivity index (χ0n) is 13.2. The molecular weight excluding hydrogens is 290 g/mol. The number of rotatable bonds is 7. The van der Waals surface area contributed by atoms with Gasteiger partial charge in [0.2, 0.25) is 0 Å². The second kappa shape index (κ2) is 8.11. The van der Waals surface area contributed by atoms with Crippen LogP contribution in [0, 0.1) is 0 Å². The minimum Gasteiger partial charge on any atom is -0.491 e. The van der Waals surface area contributed by atoms with Crippen molar-refractivity contribution in [2.75, 3.05) is 26.3 Å². The van der Waals surface area contributed by atoms with E-state index in [1.165, 1.54) is 11.1 Å². The predicted octanol–water partition coefficient (Wildman–Crippen LogP) is 1.30. The van der Waals surface area contributed by atoms with Crippen molar-refractivity contribution < 1.29 is 19.9 Å². The molecule has 0 amide bonds. The number of fused-ring (bicyclic) bond motifs is 1. The lowest BCUT2D eigenvalue weighted by Crippen LogP contribution is -2.87. The second-order valence-electron chi connectivity index (χ2n) is 5.85. The van der Waals surface area contributed by atoms with Crippen LogP contribution in [0.5, 0.6) is 5.75 Å². The Morgan fingerprint density at radius 3 is 2.78 bits per heavy atom. The van der Waals surface area contributed by atoms with Crippen LogP contribution in [0.1, 0.15) is 17.2 Å². The molecule has 1 aliphatic rings. The monoisotopic (exact) mass is 314 g/mol. The Bertz CT molecular complexity index is 603. The van der Waals surface area contributed by atoms with E-state index in [0.29, 0.717) is 13.2 Å². The number of benzene rings is 2. The summed E-state index contributed by atoms with van der Waals surface area (Å²) in [6, 6.07) is 18.0. The van der Waals surface area contributed by atoms with E-state index in [9.17, 15) is 5.11 Å². The Morgan fingerprint density at radius 2 is 1.91 bits per heavy atom. The fraction of sp³-hybridized carbons (Fsp3) is 0.368. The predicted molar refractivity (Wildman–Crippen MR) is 88.4 cm³/mol. The first kappa shape index (κ1) is 16.0. The lowest BCUT2D eigenvalue weighted by Gasteiger charge is -2.25. The molecular formula is C19H24NO3+. The zero-order valence-corrected chi connectivity index (χ0v) is 13.2. The molecule has 3 rings (SSSR count). The van der Waals surface area contributed by atoms with Crippen LogP contribution in [0.3, 0.4) is 0 Å². The molecule has 2 atom stereocenters. The van der Waals surface area contributed by atoms with Gasteiger partial charge >= 0.3 is 0 Å². The average Bonchev–Trinajstić information content (AvgIpc) is 2.61. The fourth-order valence-electron chi connectivity index (χ4n) is 2.89. The molecule has 4 heteroatoms. The van der Waals surface area contributed by atoms with Crippen molar-refractivity contribution in [2.45, 2.75) is 18.6 Å². The van der Waals surface area contributed by atoms with Crippen LogP contribution < -0.4 is 10.1 Å². The summed E-state index contributed by atoms with van der Waals surface area (Å²) in [5.41, 5.74) is 2.66. The van der Waals surface area contributed by atoms with Gasteiger partial charge in [-0.2, -0.15) is 0 Å².